The van der Waals surface area contributed by atoms with Crippen molar-refractivity contribution >= 4 is 6.09 Å². The summed E-state index contributed by atoms with van der Waals surface area (Å²) in [6.45, 7) is 3.02. The van der Waals surface area contributed by atoms with Crippen LogP contribution in [0.2, 0.25) is 0 Å². The normalized spacial score (nSPS) is 29.7. The van der Waals surface area contributed by atoms with E-state index >= 15 is 0 Å². The second-order valence-electron chi connectivity index (χ2n) is 6.78. The average molecular weight is 333 g/mol. The van der Waals surface area contributed by atoms with Crippen LogP contribution in [0.25, 0.3) is 0 Å². The van der Waals surface area contributed by atoms with Gasteiger partial charge in [0.2, 0.25) is 0 Å². The summed E-state index contributed by atoms with van der Waals surface area (Å²) in [4.78, 5) is 14.1. The van der Waals surface area contributed by atoms with Crippen molar-refractivity contribution in [1.82, 2.24) is 4.90 Å². The molecule has 1 saturated carbocycles. The molecule has 1 heterocycles. The van der Waals surface area contributed by atoms with E-state index < -0.39 is 5.60 Å². The van der Waals surface area contributed by atoms with E-state index in [1.165, 1.54) is 7.11 Å². The molecule has 1 saturated heterocycles. The van der Waals surface area contributed by atoms with E-state index in [9.17, 15) is 9.90 Å². The van der Waals surface area contributed by atoms with E-state index in [4.69, 9.17) is 9.47 Å². The molecule has 24 heavy (non-hydrogen) atoms. The average Bonchev–Trinajstić information content (AvgIpc) is 2.60. The summed E-state index contributed by atoms with van der Waals surface area (Å²) >= 11 is 0. The van der Waals surface area contributed by atoms with Crippen LogP contribution in [0.15, 0.2) is 24.3 Å². The van der Waals surface area contributed by atoms with E-state index in [1.54, 1.807) is 4.90 Å². The van der Waals surface area contributed by atoms with E-state index in [0.717, 1.165) is 37.0 Å². The summed E-state index contributed by atoms with van der Waals surface area (Å²) in [6.07, 6.45) is 4.12. The summed E-state index contributed by atoms with van der Waals surface area (Å²) < 4.78 is 10.8. The highest BCUT2D eigenvalue weighted by atomic mass is 16.5. The minimum Gasteiger partial charge on any atom is -0.494 e. The molecular weight excluding hydrogens is 306 g/mol. The Balaban J connectivity index is 2.05. The van der Waals surface area contributed by atoms with Gasteiger partial charge in [0.25, 0.3) is 0 Å². The van der Waals surface area contributed by atoms with Crippen LogP contribution in [0, 0.1) is 5.92 Å². The highest BCUT2D eigenvalue weighted by Gasteiger charge is 2.51. The van der Waals surface area contributed by atoms with Crippen molar-refractivity contribution in [3.05, 3.63) is 29.8 Å². The molecular formula is C19H27NO4. The molecule has 1 N–H and O–H groups in total. The van der Waals surface area contributed by atoms with Crippen LogP contribution in [-0.4, -0.2) is 42.0 Å². The van der Waals surface area contributed by atoms with Crippen LogP contribution in [0.4, 0.5) is 4.79 Å². The van der Waals surface area contributed by atoms with Crippen LogP contribution >= 0.6 is 0 Å². The lowest BCUT2D eigenvalue weighted by Gasteiger charge is -2.52. The van der Waals surface area contributed by atoms with E-state index in [-0.39, 0.29) is 18.1 Å². The Morgan fingerprint density at radius 1 is 1.33 bits per heavy atom. The molecule has 1 aromatic rings. The number of para-hydroxylation sites is 1. The number of piperidine rings is 1. The van der Waals surface area contributed by atoms with Gasteiger partial charge in [0.05, 0.1) is 25.4 Å². The lowest BCUT2D eigenvalue weighted by molar-refractivity contribution is -0.118. The number of carbonyl (C=O) groups excluding carboxylic acids is 1. The molecule has 0 spiro atoms. The van der Waals surface area contributed by atoms with Gasteiger partial charge in [-0.15, -0.1) is 0 Å². The van der Waals surface area contributed by atoms with Crippen molar-refractivity contribution in [3.8, 4) is 5.75 Å². The highest BCUT2D eigenvalue weighted by molar-refractivity contribution is 5.69. The van der Waals surface area contributed by atoms with Gasteiger partial charge >= 0.3 is 6.09 Å². The molecule has 2 aliphatic rings. The largest absolute Gasteiger partial charge is 0.494 e. The quantitative estimate of drug-likeness (QED) is 0.919. The lowest BCUT2D eigenvalue weighted by Crippen LogP contribution is -2.56. The highest BCUT2D eigenvalue weighted by Crippen LogP contribution is 2.50. The Hall–Kier alpha value is -1.75. The molecule has 1 aliphatic carbocycles. The SMILES string of the molecule is CCOc1ccccc1[C@H]1C2CCCCC2(O)CCN1C(=O)OC. The Kier molecular flexibility index (Phi) is 4.99. The number of amides is 1. The molecule has 2 unspecified atom stereocenters. The zero-order valence-electron chi connectivity index (χ0n) is 14.5. The number of methoxy groups -OCH3 is 1. The van der Waals surface area contributed by atoms with Crippen molar-refractivity contribution in [2.24, 2.45) is 5.92 Å². The molecule has 5 nitrogen and oxygen atoms in total. The Morgan fingerprint density at radius 2 is 2.12 bits per heavy atom. The monoisotopic (exact) mass is 333 g/mol. The third kappa shape index (κ3) is 2.97. The topological polar surface area (TPSA) is 59.0 Å². The third-order valence-corrected chi connectivity index (χ3v) is 5.51. The van der Waals surface area contributed by atoms with Gasteiger partial charge in [0.1, 0.15) is 5.75 Å². The predicted octanol–water partition coefficient (Wildman–Crippen LogP) is 3.52. The maximum absolute atomic E-state index is 12.4. The fourth-order valence-corrected chi connectivity index (χ4v) is 4.40. The first-order valence-electron chi connectivity index (χ1n) is 8.89. The van der Waals surface area contributed by atoms with Crippen molar-refractivity contribution < 1.29 is 19.4 Å². The summed E-state index contributed by atoms with van der Waals surface area (Å²) in [5.41, 5.74) is 0.266. The molecule has 3 rings (SSSR count). The second kappa shape index (κ2) is 7.01. The van der Waals surface area contributed by atoms with Gasteiger partial charge in [0, 0.05) is 18.0 Å². The summed E-state index contributed by atoms with van der Waals surface area (Å²) in [5, 5.41) is 11.2. The summed E-state index contributed by atoms with van der Waals surface area (Å²) in [6, 6.07) is 7.63. The van der Waals surface area contributed by atoms with E-state index in [0.29, 0.717) is 19.6 Å². The summed E-state index contributed by atoms with van der Waals surface area (Å²) in [5.74, 6) is 0.800. The first-order chi connectivity index (χ1) is 11.6. The molecule has 1 amide bonds. The smallest absolute Gasteiger partial charge is 0.410 e. The molecule has 1 aliphatic heterocycles. The standard InChI is InChI=1S/C19H27NO4/c1-3-24-16-10-5-4-8-14(16)17-15-9-6-7-11-19(15,22)12-13-20(17)18(21)23-2/h4-5,8,10,15,17,22H,3,6-7,9,11-13H2,1-2H3/t15?,17-,19?/m0/s1. The van der Waals surface area contributed by atoms with Crippen molar-refractivity contribution in [1.29, 1.82) is 0 Å². The number of benzene rings is 1. The number of hydrogen-bond acceptors (Lipinski definition) is 4. The number of likely N-dealkylation sites (tertiary alicyclic amines) is 1. The Bertz CT molecular complexity index is 590. The fourth-order valence-electron chi connectivity index (χ4n) is 4.40. The Morgan fingerprint density at radius 3 is 2.88 bits per heavy atom. The molecule has 2 fully saturated rings. The van der Waals surface area contributed by atoms with Gasteiger partial charge in [-0.1, -0.05) is 31.0 Å². The van der Waals surface area contributed by atoms with Crippen molar-refractivity contribution in [3.63, 3.8) is 0 Å². The number of nitrogens with zero attached hydrogens (tertiary/aromatic N) is 1. The van der Waals surface area contributed by atoms with Gasteiger partial charge in [-0.2, -0.15) is 0 Å². The van der Waals surface area contributed by atoms with Crippen LogP contribution in [0.3, 0.4) is 0 Å². The first kappa shape index (κ1) is 17.1. The van der Waals surface area contributed by atoms with Crippen LogP contribution in [-0.2, 0) is 4.74 Å². The molecule has 0 bridgehead atoms. The Labute approximate surface area is 143 Å². The number of fused-ring (bicyclic) bond motifs is 1. The predicted molar refractivity (Wildman–Crippen MR) is 91.0 cm³/mol. The minimum absolute atomic E-state index is 0.0145. The van der Waals surface area contributed by atoms with Gasteiger partial charge < -0.3 is 19.5 Å². The van der Waals surface area contributed by atoms with Gasteiger partial charge in [0.15, 0.2) is 0 Å². The number of ether oxygens (including phenoxy) is 2. The lowest BCUT2D eigenvalue weighted by atomic mass is 9.66. The third-order valence-electron chi connectivity index (χ3n) is 5.51. The van der Waals surface area contributed by atoms with E-state index in [1.807, 2.05) is 31.2 Å². The minimum atomic E-state index is -0.702. The van der Waals surface area contributed by atoms with Crippen LogP contribution in [0.5, 0.6) is 5.75 Å². The van der Waals surface area contributed by atoms with Crippen LogP contribution < -0.4 is 4.74 Å². The summed E-state index contributed by atoms with van der Waals surface area (Å²) in [7, 11) is 1.41. The van der Waals surface area contributed by atoms with Crippen molar-refractivity contribution in [2.45, 2.75) is 50.7 Å². The molecule has 3 atom stereocenters. The molecule has 132 valence electrons. The molecule has 5 heteroatoms. The van der Waals surface area contributed by atoms with E-state index in [2.05, 4.69) is 0 Å². The number of rotatable bonds is 3. The zero-order chi connectivity index (χ0) is 17.2. The maximum Gasteiger partial charge on any atom is 0.410 e. The zero-order valence-corrected chi connectivity index (χ0v) is 14.5. The molecule has 1 aromatic carbocycles. The number of hydrogen-bond donors (Lipinski definition) is 1. The van der Waals surface area contributed by atoms with Crippen molar-refractivity contribution in [2.75, 3.05) is 20.3 Å². The molecule has 0 radical (unpaired) electrons. The maximum atomic E-state index is 12.4. The van der Waals surface area contributed by atoms with Crippen LogP contribution in [0.1, 0.15) is 50.6 Å². The fraction of sp³-hybridized carbons (Fsp3) is 0.632. The van der Waals surface area contributed by atoms with Gasteiger partial charge in [-0.05, 0) is 32.3 Å². The number of carbonyl (C=O) groups is 1. The molecule has 0 aromatic heterocycles. The van der Waals surface area contributed by atoms with Gasteiger partial charge in [-0.25, -0.2) is 4.79 Å². The first-order valence-corrected chi connectivity index (χ1v) is 8.89. The van der Waals surface area contributed by atoms with Gasteiger partial charge in [-0.3, -0.25) is 0 Å². The second-order valence-corrected chi connectivity index (χ2v) is 6.78. The number of aliphatic hydroxyl groups is 1.